The summed E-state index contributed by atoms with van der Waals surface area (Å²) in [6.07, 6.45) is 2.94. The number of benzene rings is 2. The first-order valence-corrected chi connectivity index (χ1v) is 8.91. The number of carbonyl (C=O) groups is 1. The minimum atomic E-state index is -0.478. The zero-order valence-electron chi connectivity index (χ0n) is 15.3. The summed E-state index contributed by atoms with van der Waals surface area (Å²) < 4.78 is 40.5. The molecule has 144 valence electrons. The standard InChI is InChI=1S/C22H19F3N2O/c1-2-18-20(25)12-26-13-21(18)27-22(28)11-19(14-3-7-16(23)8-4-14)15-5-9-17(24)10-6-15/h3-10,12-13,19H,2,11H2,1H3,(H,27,28). The smallest absolute Gasteiger partial charge is 0.225 e. The van der Waals surface area contributed by atoms with Gasteiger partial charge in [-0.15, -0.1) is 0 Å². The summed E-state index contributed by atoms with van der Waals surface area (Å²) in [7, 11) is 0. The van der Waals surface area contributed by atoms with E-state index in [0.29, 0.717) is 17.7 Å². The Morgan fingerprint density at radius 2 is 1.46 bits per heavy atom. The minimum Gasteiger partial charge on any atom is -0.324 e. The molecule has 0 atom stereocenters. The van der Waals surface area contributed by atoms with Gasteiger partial charge in [-0.25, -0.2) is 13.2 Å². The van der Waals surface area contributed by atoms with Crippen molar-refractivity contribution in [3.63, 3.8) is 0 Å². The van der Waals surface area contributed by atoms with E-state index >= 15 is 0 Å². The van der Waals surface area contributed by atoms with Crippen LogP contribution in [0.3, 0.4) is 0 Å². The molecular weight excluding hydrogens is 365 g/mol. The monoisotopic (exact) mass is 384 g/mol. The van der Waals surface area contributed by atoms with E-state index in [1.165, 1.54) is 30.5 Å². The Balaban J connectivity index is 1.87. The zero-order valence-corrected chi connectivity index (χ0v) is 15.3. The second-order valence-electron chi connectivity index (χ2n) is 6.41. The maximum Gasteiger partial charge on any atom is 0.225 e. The van der Waals surface area contributed by atoms with Gasteiger partial charge in [0.25, 0.3) is 0 Å². The number of anilines is 1. The fourth-order valence-electron chi connectivity index (χ4n) is 3.13. The molecule has 1 aromatic heterocycles. The minimum absolute atomic E-state index is 0.0247. The van der Waals surface area contributed by atoms with E-state index in [1.807, 2.05) is 0 Å². The number of halogens is 3. The highest BCUT2D eigenvalue weighted by Gasteiger charge is 2.20. The lowest BCUT2D eigenvalue weighted by molar-refractivity contribution is -0.116. The Morgan fingerprint density at radius 3 is 1.96 bits per heavy atom. The quantitative estimate of drug-likeness (QED) is 0.633. The predicted octanol–water partition coefficient (Wildman–Crippen LogP) is 5.22. The molecule has 1 N–H and O–H groups in total. The molecule has 28 heavy (non-hydrogen) atoms. The Morgan fingerprint density at radius 1 is 0.929 bits per heavy atom. The summed E-state index contributed by atoms with van der Waals surface area (Å²) in [6, 6.07) is 11.6. The maximum absolute atomic E-state index is 13.9. The lowest BCUT2D eigenvalue weighted by atomic mass is 9.88. The molecule has 0 unspecified atom stereocenters. The molecule has 1 amide bonds. The summed E-state index contributed by atoms with van der Waals surface area (Å²) in [4.78, 5) is 16.5. The van der Waals surface area contributed by atoms with Crippen LogP contribution in [0.2, 0.25) is 0 Å². The van der Waals surface area contributed by atoms with Gasteiger partial charge in [-0.2, -0.15) is 0 Å². The summed E-state index contributed by atoms with van der Waals surface area (Å²) in [5, 5.41) is 2.71. The number of hydrogen-bond acceptors (Lipinski definition) is 2. The number of amides is 1. The van der Waals surface area contributed by atoms with Crippen LogP contribution in [0.4, 0.5) is 18.9 Å². The van der Waals surface area contributed by atoms with Gasteiger partial charge in [0.15, 0.2) is 0 Å². The van der Waals surface area contributed by atoms with Crippen molar-refractivity contribution in [1.82, 2.24) is 4.98 Å². The molecule has 0 aliphatic heterocycles. The van der Waals surface area contributed by atoms with Crippen molar-refractivity contribution in [2.24, 2.45) is 0 Å². The van der Waals surface area contributed by atoms with Crippen LogP contribution >= 0.6 is 0 Å². The topological polar surface area (TPSA) is 42.0 Å². The molecule has 3 nitrogen and oxygen atoms in total. The van der Waals surface area contributed by atoms with Gasteiger partial charge in [0.2, 0.25) is 5.91 Å². The Hall–Kier alpha value is -3.15. The van der Waals surface area contributed by atoms with Crippen LogP contribution in [0.15, 0.2) is 60.9 Å². The van der Waals surface area contributed by atoms with Gasteiger partial charge in [-0.1, -0.05) is 31.2 Å². The van der Waals surface area contributed by atoms with Gasteiger partial charge in [-0.05, 0) is 41.8 Å². The molecule has 0 radical (unpaired) electrons. The molecule has 1 heterocycles. The van der Waals surface area contributed by atoms with E-state index in [2.05, 4.69) is 10.3 Å². The molecule has 0 spiro atoms. The first-order chi connectivity index (χ1) is 13.5. The Kier molecular flexibility index (Phi) is 6.09. The lowest BCUT2D eigenvalue weighted by Gasteiger charge is -2.18. The average Bonchev–Trinajstić information content (AvgIpc) is 2.68. The van der Waals surface area contributed by atoms with Crippen LogP contribution in [-0.4, -0.2) is 10.9 Å². The number of aromatic nitrogens is 1. The molecule has 0 aliphatic carbocycles. The van der Waals surface area contributed by atoms with Gasteiger partial charge < -0.3 is 5.32 Å². The maximum atomic E-state index is 13.9. The van der Waals surface area contributed by atoms with Crippen LogP contribution < -0.4 is 5.32 Å². The van der Waals surface area contributed by atoms with E-state index in [9.17, 15) is 18.0 Å². The van der Waals surface area contributed by atoms with Crippen molar-refractivity contribution >= 4 is 11.6 Å². The Labute approximate surface area is 161 Å². The van der Waals surface area contributed by atoms with Gasteiger partial charge in [0.05, 0.1) is 18.1 Å². The summed E-state index contributed by atoms with van der Waals surface area (Å²) >= 11 is 0. The largest absolute Gasteiger partial charge is 0.324 e. The molecule has 0 bridgehead atoms. The number of nitrogens with one attached hydrogen (secondary N) is 1. The second-order valence-corrected chi connectivity index (χ2v) is 6.41. The summed E-state index contributed by atoms with van der Waals surface area (Å²) in [5.74, 6) is -2.00. The number of nitrogens with zero attached hydrogens (tertiary/aromatic N) is 1. The highest BCUT2D eigenvalue weighted by molar-refractivity contribution is 5.92. The fraction of sp³-hybridized carbons (Fsp3) is 0.182. The number of carbonyl (C=O) groups excluding carboxylic acids is 1. The molecular formula is C22H19F3N2O. The van der Waals surface area contributed by atoms with Gasteiger partial charge in [0, 0.05) is 17.9 Å². The molecule has 2 aromatic carbocycles. The summed E-state index contributed by atoms with van der Waals surface area (Å²) in [6.45, 7) is 1.79. The number of rotatable bonds is 6. The van der Waals surface area contributed by atoms with Crippen LogP contribution in [-0.2, 0) is 11.2 Å². The number of pyridine rings is 1. The third-order valence-corrected chi connectivity index (χ3v) is 4.57. The van der Waals surface area contributed by atoms with Crippen LogP contribution in [0.5, 0.6) is 0 Å². The van der Waals surface area contributed by atoms with Crippen molar-refractivity contribution in [2.75, 3.05) is 5.32 Å². The van der Waals surface area contributed by atoms with Crippen molar-refractivity contribution in [3.8, 4) is 0 Å². The molecule has 0 aliphatic rings. The second kappa shape index (κ2) is 8.69. The third-order valence-electron chi connectivity index (χ3n) is 4.57. The first kappa shape index (κ1) is 19.6. The highest BCUT2D eigenvalue weighted by atomic mass is 19.1. The van der Waals surface area contributed by atoms with E-state index in [0.717, 1.165) is 17.3 Å². The van der Waals surface area contributed by atoms with Crippen LogP contribution in [0.25, 0.3) is 0 Å². The average molecular weight is 384 g/mol. The van der Waals surface area contributed by atoms with Crippen molar-refractivity contribution < 1.29 is 18.0 Å². The van der Waals surface area contributed by atoms with Gasteiger partial charge in [-0.3, -0.25) is 9.78 Å². The summed E-state index contributed by atoms with van der Waals surface area (Å²) in [5.41, 5.74) is 2.14. The molecule has 0 saturated carbocycles. The van der Waals surface area contributed by atoms with Crippen molar-refractivity contribution in [2.45, 2.75) is 25.7 Å². The highest BCUT2D eigenvalue weighted by Crippen LogP contribution is 2.29. The number of hydrogen-bond donors (Lipinski definition) is 1. The Bertz CT molecular complexity index is 911. The van der Waals surface area contributed by atoms with E-state index in [-0.39, 0.29) is 24.0 Å². The molecule has 3 aromatic rings. The van der Waals surface area contributed by atoms with E-state index in [1.54, 1.807) is 31.2 Å². The van der Waals surface area contributed by atoms with Gasteiger partial charge >= 0.3 is 0 Å². The normalized spacial score (nSPS) is 10.9. The molecule has 6 heteroatoms. The van der Waals surface area contributed by atoms with Crippen LogP contribution in [0.1, 0.15) is 36.0 Å². The first-order valence-electron chi connectivity index (χ1n) is 8.91. The van der Waals surface area contributed by atoms with Crippen molar-refractivity contribution in [1.29, 1.82) is 0 Å². The molecule has 0 saturated heterocycles. The van der Waals surface area contributed by atoms with E-state index < -0.39 is 11.7 Å². The van der Waals surface area contributed by atoms with Gasteiger partial charge in [0.1, 0.15) is 17.5 Å². The third kappa shape index (κ3) is 4.57. The molecule has 3 rings (SSSR count). The molecule has 0 fully saturated rings. The van der Waals surface area contributed by atoms with E-state index in [4.69, 9.17) is 0 Å². The predicted molar refractivity (Wildman–Crippen MR) is 101 cm³/mol. The lowest BCUT2D eigenvalue weighted by Crippen LogP contribution is -2.18. The van der Waals surface area contributed by atoms with Crippen molar-refractivity contribution in [3.05, 3.63) is 95.1 Å². The zero-order chi connectivity index (χ0) is 20.1. The SMILES string of the molecule is CCc1c(F)cncc1NC(=O)CC(c1ccc(F)cc1)c1ccc(F)cc1. The fourth-order valence-corrected chi connectivity index (χ4v) is 3.13. The van der Waals surface area contributed by atoms with Crippen LogP contribution in [0, 0.1) is 17.5 Å².